The van der Waals surface area contributed by atoms with Crippen molar-refractivity contribution in [3.8, 4) is 0 Å². The van der Waals surface area contributed by atoms with Crippen LogP contribution in [0.15, 0.2) is 12.7 Å². The summed E-state index contributed by atoms with van der Waals surface area (Å²) in [4.78, 5) is 69.3. The van der Waals surface area contributed by atoms with Crippen LogP contribution in [0.3, 0.4) is 0 Å². The predicted octanol–water partition coefficient (Wildman–Crippen LogP) is 1.68. The van der Waals surface area contributed by atoms with Crippen molar-refractivity contribution in [2.75, 3.05) is 32.7 Å². The van der Waals surface area contributed by atoms with Crippen LogP contribution in [-0.4, -0.2) is 104 Å². The number of rotatable bonds is 14. The van der Waals surface area contributed by atoms with E-state index >= 15 is 0 Å². The van der Waals surface area contributed by atoms with Crippen LogP contribution < -0.4 is 26.0 Å². The molecule has 0 aromatic heterocycles. The number of hydrogen-bond acceptors (Lipinski definition) is 7. The number of hydrogen-bond donors (Lipinski definition) is 5. The number of nitrogens with one attached hydrogen (secondary N) is 5. The molecule has 1 aliphatic carbocycles. The minimum atomic E-state index is -3.67. The van der Waals surface area contributed by atoms with Crippen LogP contribution in [0.25, 0.3) is 0 Å². The Labute approximate surface area is 292 Å². The van der Waals surface area contributed by atoms with Crippen LogP contribution in [0.5, 0.6) is 0 Å². The van der Waals surface area contributed by atoms with Crippen LogP contribution in [0.4, 0.5) is 4.79 Å². The van der Waals surface area contributed by atoms with Crippen molar-refractivity contribution in [1.82, 2.24) is 35.2 Å². The number of amides is 5. The standard InChI is InChI=1S/C34H59N7O7S/c1-10-15-35-30(44)27(42)24(19-22-12-13-22)37-29(43)26-23(21(2)3)14-18-41(26)31(45)28(34(7,8)9)39-32(46)38-25(33(4,5)6)20-40-17-11-16-36-49(40,47)48/h10,21-26,28,36H,1,11-20H2,2-9H3,(H,35,44)(H,37,43)(H2,38,39,46)/t23-,24?,25-,26+,28-/m1/s1. The molecule has 5 amide bonds. The maximum Gasteiger partial charge on any atom is 0.315 e. The Hall–Kier alpha value is -3.04. The molecule has 15 heteroatoms. The van der Waals surface area contributed by atoms with E-state index in [2.05, 4.69) is 32.6 Å². The molecular weight excluding hydrogens is 650 g/mol. The van der Waals surface area contributed by atoms with E-state index in [4.69, 9.17) is 0 Å². The first-order valence-corrected chi connectivity index (χ1v) is 19.0. The summed E-state index contributed by atoms with van der Waals surface area (Å²) < 4.78 is 29.1. The van der Waals surface area contributed by atoms with Crippen LogP contribution in [0.1, 0.15) is 87.5 Å². The van der Waals surface area contributed by atoms with Crippen molar-refractivity contribution < 1.29 is 32.4 Å². The molecule has 2 aliphatic heterocycles. The molecule has 1 saturated carbocycles. The zero-order chi connectivity index (χ0) is 36.9. The molecule has 0 radical (unpaired) electrons. The first kappa shape index (κ1) is 40.4. The molecule has 3 fully saturated rings. The molecule has 2 heterocycles. The van der Waals surface area contributed by atoms with Gasteiger partial charge in [0.1, 0.15) is 12.1 Å². The van der Waals surface area contributed by atoms with Gasteiger partial charge in [-0.2, -0.15) is 12.7 Å². The quantitative estimate of drug-likeness (QED) is 0.134. The smallest absolute Gasteiger partial charge is 0.315 e. The van der Waals surface area contributed by atoms with E-state index in [0.717, 1.165) is 12.8 Å². The van der Waals surface area contributed by atoms with Gasteiger partial charge in [0.05, 0.1) is 6.04 Å². The Morgan fingerprint density at radius 1 is 0.939 bits per heavy atom. The molecule has 2 saturated heterocycles. The minimum Gasteiger partial charge on any atom is -0.346 e. The van der Waals surface area contributed by atoms with E-state index in [1.54, 1.807) is 0 Å². The van der Waals surface area contributed by atoms with Gasteiger partial charge in [0.25, 0.3) is 16.1 Å². The number of likely N-dealkylation sites (tertiary alicyclic amines) is 1. The van der Waals surface area contributed by atoms with E-state index in [0.29, 0.717) is 32.4 Å². The van der Waals surface area contributed by atoms with Crippen molar-refractivity contribution in [2.24, 2.45) is 28.6 Å². The van der Waals surface area contributed by atoms with Crippen LogP contribution in [0, 0.1) is 28.6 Å². The summed E-state index contributed by atoms with van der Waals surface area (Å²) in [6.07, 6.45) is 4.83. The fourth-order valence-electron chi connectivity index (χ4n) is 6.43. The molecule has 5 atom stereocenters. The molecule has 0 spiro atoms. The fraction of sp³-hybridized carbons (Fsp3) is 0.794. The van der Waals surface area contributed by atoms with Gasteiger partial charge in [-0.15, -0.1) is 6.58 Å². The Morgan fingerprint density at radius 2 is 1.59 bits per heavy atom. The lowest BCUT2D eigenvalue weighted by Crippen LogP contribution is -2.63. The van der Waals surface area contributed by atoms with Crippen molar-refractivity contribution in [2.45, 2.75) is 112 Å². The first-order valence-electron chi connectivity index (χ1n) is 17.5. The third-order valence-electron chi connectivity index (χ3n) is 9.72. The predicted molar refractivity (Wildman–Crippen MR) is 187 cm³/mol. The Balaban J connectivity index is 1.83. The van der Waals surface area contributed by atoms with Crippen LogP contribution >= 0.6 is 0 Å². The number of urea groups is 1. The summed E-state index contributed by atoms with van der Waals surface area (Å²) in [5.74, 6) is -2.41. The summed E-state index contributed by atoms with van der Waals surface area (Å²) in [5, 5.41) is 11.1. The number of carbonyl (C=O) groups is 5. The van der Waals surface area contributed by atoms with Crippen LogP contribution in [0.2, 0.25) is 0 Å². The molecule has 49 heavy (non-hydrogen) atoms. The number of carbonyl (C=O) groups excluding carboxylic acids is 5. The lowest BCUT2D eigenvalue weighted by molar-refractivity contribution is -0.144. The summed E-state index contributed by atoms with van der Waals surface area (Å²) in [6.45, 7) is 19.8. The lowest BCUT2D eigenvalue weighted by Gasteiger charge is -2.39. The number of ketones is 1. The van der Waals surface area contributed by atoms with Gasteiger partial charge in [-0.25, -0.2) is 9.52 Å². The highest BCUT2D eigenvalue weighted by molar-refractivity contribution is 7.87. The third-order valence-corrected chi connectivity index (χ3v) is 11.3. The van der Waals surface area contributed by atoms with Crippen molar-refractivity contribution >= 4 is 39.7 Å². The molecule has 278 valence electrons. The molecule has 5 N–H and O–H groups in total. The average molecular weight is 710 g/mol. The van der Waals surface area contributed by atoms with Gasteiger partial charge in [-0.1, -0.05) is 74.3 Å². The van der Waals surface area contributed by atoms with E-state index < -0.39 is 74.7 Å². The third kappa shape index (κ3) is 11.0. The average Bonchev–Trinajstić information content (AvgIpc) is 3.69. The lowest BCUT2D eigenvalue weighted by atomic mass is 9.84. The van der Waals surface area contributed by atoms with Gasteiger partial charge in [-0.05, 0) is 47.8 Å². The fourth-order valence-corrected chi connectivity index (χ4v) is 7.73. The summed E-state index contributed by atoms with van der Waals surface area (Å²) in [6, 6.07) is -4.18. The molecule has 3 aliphatic rings. The Bertz CT molecular complexity index is 1350. The topological polar surface area (TPSA) is 186 Å². The zero-order valence-corrected chi connectivity index (χ0v) is 31.4. The van der Waals surface area contributed by atoms with Crippen molar-refractivity contribution in [1.29, 1.82) is 0 Å². The second-order valence-corrected chi connectivity index (χ2v) is 18.0. The molecule has 1 unspecified atom stereocenters. The van der Waals surface area contributed by atoms with E-state index in [1.165, 1.54) is 15.3 Å². The second kappa shape index (κ2) is 16.3. The minimum absolute atomic E-state index is 0.0273. The molecular formula is C34H59N7O7S. The summed E-state index contributed by atoms with van der Waals surface area (Å²) >= 11 is 0. The molecule has 14 nitrogen and oxygen atoms in total. The summed E-state index contributed by atoms with van der Waals surface area (Å²) in [5.41, 5.74) is -1.29. The zero-order valence-electron chi connectivity index (χ0n) is 30.6. The highest BCUT2D eigenvalue weighted by atomic mass is 32.2. The molecule has 0 aromatic carbocycles. The Morgan fingerprint density at radius 3 is 2.12 bits per heavy atom. The maximum absolute atomic E-state index is 14.4. The molecule has 3 rings (SSSR count). The van der Waals surface area contributed by atoms with Gasteiger partial charge in [-0.3, -0.25) is 19.2 Å². The monoisotopic (exact) mass is 709 g/mol. The van der Waals surface area contributed by atoms with E-state index in [1.807, 2.05) is 55.4 Å². The van der Waals surface area contributed by atoms with E-state index in [-0.39, 0.29) is 37.4 Å². The van der Waals surface area contributed by atoms with Crippen molar-refractivity contribution in [3.05, 3.63) is 12.7 Å². The van der Waals surface area contributed by atoms with Gasteiger partial charge in [0, 0.05) is 38.8 Å². The maximum atomic E-state index is 14.4. The van der Waals surface area contributed by atoms with E-state index in [9.17, 15) is 32.4 Å². The molecule has 0 bridgehead atoms. The van der Waals surface area contributed by atoms with Crippen molar-refractivity contribution in [3.63, 3.8) is 0 Å². The Kier molecular flexibility index (Phi) is 13.5. The largest absolute Gasteiger partial charge is 0.346 e. The second-order valence-electron chi connectivity index (χ2n) is 16.2. The normalized spacial score (nSPS) is 23.2. The van der Waals surface area contributed by atoms with Gasteiger partial charge in [0.15, 0.2) is 0 Å². The van der Waals surface area contributed by atoms with Gasteiger partial charge in [0.2, 0.25) is 17.6 Å². The van der Waals surface area contributed by atoms with Gasteiger partial charge >= 0.3 is 6.03 Å². The number of Topliss-reactive ketones (excluding diaryl/α,β-unsaturated/α-hetero) is 1. The SMILES string of the molecule is C=CCNC(=O)C(=O)C(CC1CC1)NC(=O)[C@@H]1[C@@H](C(C)C)CCN1C(=O)[C@@H](NC(=O)N[C@H](CN1CCCNS1(=O)=O)C(C)(C)C)C(C)(C)C. The molecule has 0 aromatic rings. The highest BCUT2D eigenvalue weighted by Gasteiger charge is 2.48. The van der Waals surface area contributed by atoms with Crippen LogP contribution in [-0.2, 0) is 29.4 Å². The first-order chi connectivity index (χ1) is 22.7. The van der Waals surface area contributed by atoms with Gasteiger partial charge < -0.3 is 26.2 Å². The highest BCUT2D eigenvalue weighted by Crippen LogP contribution is 2.36. The summed E-state index contributed by atoms with van der Waals surface area (Å²) in [7, 11) is -3.67. The number of nitrogens with zero attached hydrogens (tertiary/aromatic N) is 2.